The predicted molar refractivity (Wildman–Crippen MR) is 65.9 cm³/mol. The van der Waals surface area contributed by atoms with Crippen LogP contribution >= 0.6 is 0 Å². The molecular weight excluding hydrogens is 206 g/mol. The van der Waals surface area contributed by atoms with Crippen LogP contribution in [0.25, 0.3) is 0 Å². The summed E-state index contributed by atoms with van der Waals surface area (Å²) in [5.41, 5.74) is 0. The molecule has 0 saturated heterocycles. The van der Waals surface area contributed by atoms with Gasteiger partial charge in [-0.3, -0.25) is 0 Å². The van der Waals surface area contributed by atoms with Gasteiger partial charge >= 0.3 is 0 Å². The molecule has 0 saturated carbocycles. The molecule has 0 aromatic carbocycles. The smallest absolute Gasteiger partial charge is 0.0704 e. The number of rotatable bonds is 12. The molecule has 0 aliphatic heterocycles. The number of ether oxygens (including phenoxy) is 3. The van der Waals surface area contributed by atoms with Crippen molar-refractivity contribution in [3.8, 4) is 0 Å². The normalized spacial score (nSPS) is 12.9. The lowest BCUT2D eigenvalue weighted by molar-refractivity contribution is -0.00852. The van der Waals surface area contributed by atoms with Gasteiger partial charge in [-0.1, -0.05) is 20.3 Å². The van der Waals surface area contributed by atoms with Crippen LogP contribution < -0.4 is 5.32 Å². The lowest BCUT2D eigenvalue weighted by Crippen LogP contribution is -2.30. The van der Waals surface area contributed by atoms with Gasteiger partial charge in [0.15, 0.2) is 0 Å². The quantitative estimate of drug-likeness (QED) is 0.518. The highest BCUT2D eigenvalue weighted by Gasteiger charge is 2.06. The second kappa shape index (κ2) is 12.9. The van der Waals surface area contributed by atoms with E-state index < -0.39 is 0 Å². The molecule has 16 heavy (non-hydrogen) atoms. The van der Waals surface area contributed by atoms with E-state index in [-0.39, 0.29) is 0 Å². The van der Waals surface area contributed by atoms with E-state index in [9.17, 15) is 0 Å². The van der Waals surface area contributed by atoms with Crippen molar-refractivity contribution in [2.24, 2.45) is 0 Å². The molecule has 1 N–H and O–H groups in total. The highest BCUT2D eigenvalue weighted by atomic mass is 16.5. The molecule has 0 amide bonds. The first-order valence-corrected chi connectivity index (χ1v) is 6.24. The third-order valence-electron chi connectivity index (χ3n) is 2.25. The lowest BCUT2D eigenvalue weighted by atomic mass is 10.2. The Morgan fingerprint density at radius 2 is 1.81 bits per heavy atom. The Kier molecular flexibility index (Phi) is 12.8. The number of hydrogen-bond acceptors (Lipinski definition) is 4. The molecule has 0 bridgehead atoms. The van der Waals surface area contributed by atoms with Crippen LogP contribution in [0.1, 0.15) is 26.7 Å². The van der Waals surface area contributed by atoms with E-state index in [1.54, 1.807) is 7.11 Å². The number of hydrogen-bond donors (Lipinski definition) is 1. The Labute approximate surface area is 99.6 Å². The molecule has 0 aromatic rings. The van der Waals surface area contributed by atoms with Crippen LogP contribution in [0.5, 0.6) is 0 Å². The summed E-state index contributed by atoms with van der Waals surface area (Å²) in [6.45, 7) is 8.82. The summed E-state index contributed by atoms with van der Waals surface area (Å²) >= 11 is 0. The van der Waals surface area contributed by atoms with Crippen molar-refractivity contribution in [1.82, 2.24) is 5.32 Å². The SMILES string of the molecule is CCCC(CNCC)OCCOCCOC. The molecule has 0 rings (SSSR count). The topological polar surface area (TPSA) is 39.7 Å². The second-order valence-corrected chi connectivity index (χ2v) is 3.69. The first kappa shape index (κ1) is 15.8. The molecule has 0 radical (unpaired) electrons. The minimum Gasteiger partial charge on any atom is -0.382 e. The Bertz CT molecular complexity index is 133. The summed E-state index contributed by atoms with van der Waals surface area (Å²) in [5.74, 6) is 0. The van der Waals surface area contributed by atoms with Crippen molar-refractivity contribution < 1.29 is 14.2 Å². The minimum absolute atomic E-state index is 0.316. The van der Waals surface area contributed by atoms with E-state index >= 15 is 0 Å². The maximum Gasteiger partial charge on any atom is 0.0704 e. The molecule has 0 aliphatic carbocycles. The molecule has 1 unspecified atom stereocenters. The highest BCUT2D eigenvalue weighted by Crippen LogP contribution is 2.00. The zero-order valence-corrected chi connectivity index (χ0v) is 11.0. The standard InChI is InChI=1S/C12H27NO3/c1-4-6-12(11-13-5-2)16-10-9-15-8-7-14-3/h12-13H,4-11H2,1-3H3. The lowest BCUT2D eigenvalue weighted by Gasteiger charge is -2.17. The molecule has 0 heterocycles. The Balaban J connectivity index is 3.36. The fourth-order valence-electron chi connectivity index (χ4n) is 1.39. The molecule has 4 heteroatoms. The molecule has 0 aromatic heterocycles. The van der Waals surface area contributed by atoms with Gasteiger partial charge in [0.2, 0.25) is 0 Å². The Hall–Kier alpha value is -0.160. The predicted octanol–water partition coefficient (Wildman–Crippen LogP) is 1.44. The van der Waals surface area contributed by atoms with Gasteiger partial charge in [0.25, 0.3) is 0 Å². The van der Waals surface area contributed by atoms with Crippen LogP contribution in [-0.4, -0.2) is 52.7 Å². The van der Waals surface area contributed by atoms with Crippen molar-refractivity contribution in [2.75, 3.05) is 46.6 Å². The van der Waals surface area contributed by atoms with E-state index in [4.69, 9.17) is 14.2 Å². The van der Waals surface area contributed by atoms with E-state index in [0.717, 1.165) is 25.9 Å². The van der Waals surface area contributed by atoms with Crippen LogP contribution in [0.2, 0.25) is 0 Å². The fraction of sp³-hybridized carbons (Fsp3) is 1.00. The largest absolute Gasteiger partial charge is 0.382 e. The fourth-order valence-corrected chi connectivity index (χ4v) is 1.39. The first-order chi connectivity index (χ1) is 7.85. The monoisotopic (exact) mass is 233 g/mol. The highest BCUT2D eigenvalue weighted by molar-refractivity contribution is 4.60. The summed E-state index contributed by atoms with van der Waals surface area (Å²) in [4.78, 5) is 0. The van der Waals surface area contributed by atoms with Gasteiger partial charge < -0.3 is 19.5 Å². The maximum absolute atomic E-state index is 5.74. The van der Waals surface area contributed by atoms with Gasteiger partial charge in [-0.15, -0.1) is 0 Å². The minimum atomic E-state index is 0.316. The average molecular weight is 233 g/mol. The van der Waals surface area contributed by atoms with Gasteiger partial charge in [0.1, 0.15) is 0 Å². The van der Waals surface area contributed by atoms with Crippen molar-refractivity contribution in [2.45, 2.75) is 32.8 Å². The summed E-state index contributed by atoms with van der Waals surface area (Å²) < 4.78 is 16.0. The Morgan fingerprint density at radius 3 is 2.44 bits per heavy atom. The first-order valence-electron chi connectivity index (χ1n) is 6.24. The van der Waals surface area contributed by atoms with Crippen LogP contribution in [0.4, 0.5) is 0 Å². The number of likely N-dealkylation sites (N-methyl/N-ethyl adjacent to an activating group) is 1. The Morgan fingerprint density at radius 1 is 1.06 bits per heavy atom. The number of nitrogens with one attached hydrogen (secondary N) is 1. The molecule has 4 nitrogen and oxygen atoms in total. The van der Waals surface area contributed by atoms with Crippen molar-refractivity contribution in [3.63, 3.8) is 0 Å². The maximum atomic E-state index is 5.74. The third kappa shape index (κ3) is 10.4. The van der Waals surface area contributed by atoms with Crippen molar-refractivity contribution in [3.05, 3.63) is 0 Å². The van der Waals surface area contributed by atoms with E-state index in [1.165, 1.54) is 0 Å². The molecule has 98 valence electrons. The second-order valence-electron chi connectivity index (χ2n) is 3.69. The third-order valence-corrected chi connectivity index (χ3v) is 2.25. The molecule has 0 spiro atoms. The van der Waals surface area contributed by atoms with Gasteiger partial charge in [-0.2, -0.15) is 0 Å². The molecule has 1 atom stereocenters. The van der Waals surface area contributed by atoms with Crippen LogP contribution in [0.3, 0.4) is 0 Å². The van der Waals surface area contributed by atoms with Crippen molar-refractivity contribution >= 4 is 0 Å². The van der Waals surface area contributed by atoms with Crippen molar-refractivity contribution in [1.29, 1.82) is 0 Å². The molecule has 0 aliphatic rings. The van der Waals surface area contributed by atoms with Gasteiger partial charge in [-0.25, -0.2) is 0 Å². The van der Waals surface area contributed by atoms with Gasteiger partial charge in [-0.05, 0) is 13.0 Å². The summed E-state index contributed by atoms with van der Waals surface area (Å²) in [7, 11) is 1.67. The van der Waals surface area contributed by atoms with Crippen LogP contribution in [0.15, 0.2) is 0 Å². The molecule has 0 fully saturated rings. The van der Waals surface area contributed by atoms with Crippen LogP contribution in [0, 0.1) is 0 Å². The van der Waals surface area contributed by atoms with Gasteiger partial charge in [0.05, 0.1) is 32.5 Å². The number of methoxy groups -OCH3 is 1. The zero-order valence-electron chi connectivity index (χ0n) is 11.0. The van der Waals surface area contributed by atoms with E-state index in [2.05, 4.69) is 19.2 Å². The van der Waals surface area contributed by atoms with Crippen LogP contribution in [-0.2, 0) is 14.2 Å². The zero-order chi connectivity index (χ0) is 12.1. The van der Waals surface area contributed by atoms with Gasteiger partial charge in [0, 0.05) is 13.7 Å². The summed E-state index contributed by atoms with van der Waals surface area (Å²) in [5, 5.41) is 3.31. The molecular formula is C12H27NO3. The summed E-state index contributed by atoms with van der Waals surface area (Å²) in [6, 6.07) is 0. The average Bonchev–Trinajstić information content (AvgIpc) is 2.30. The van der Waals surface area contributed by atoms with E-state index in [0.29, 0.717) is 32.5 Å². The summed E-state index contributed by atoms with van der Waals surface area (Å²) in [6.07, 6.45) is 2.57. The van der Waals surface area contributed by atoms with E-state index in [1.807, 2.05) is 0 Å².